The van der Waals surface area contributed by atoms with Gasteiger partial charge in [0.15, 0.2) is 0 Å². The summed E-state index contributed by atoms with van der Waals surface area (Å²) in [7, 11) is 0. The minimum absolute atomic E-state index is 0. The topological polar surface area (TPSA) is 9.23 Å². The molecule has 0 unspecified atom stereocenters. The minimum Gasteiger partial charge on any atom is -0.264 e. The molecule has 0 heterocycles. The Morgan fingerprint density at radius 3 is 1.87 bits per heavy atom. The van der Waals surface area contributed by atoms with E-state index in [0.717, 1.165) is 12.8 Å². The van der Waals surface area contributed by atoms with Crippen molar-refractivity contribution in [3.8, 4) is 0 Å². The smallest absolute Gasteiger partial charge is 0.130 e. The van der Waals surface area contributed by atoms with E-state index in [-0.39, 0.29) is 21.7 Å². The maximum atomic E-state index is 5.63. The van der Waals surface area contributed by atoms with Gasteiger partial charge >= 0.3 is 0 Å². The van der Waals surface area contributed by atoms with Crippen LogP contribution in [0.3, 0.4) is 0 Å². The Labute approximate surface area is 111 Å². The molecule has 2 rings (SSSR count). The van der Waals surface area contributed by atoms with Crippen molar-refractivity contribution in [3.05, 3.63) is 47.6 Å². The summed E-state index contributed by atoms with van der Waals surface area (Å²) in [5.41, 5.74) is 2.01. The second-order valence-electron chi connectivity index (χ2n) is 3.76. The Morgan fingerprint density at radius 1 is 1.13 bits per heavy atom. The van der Waals surface area contributed by atoms with Gasteiger partial charge < -0.3 is 0 Å². The quantitative estimate of drug-likeness (QED) is 0.700. The fourth-order valence-corrected chi connectivity index (χ4v) is 2.11. The fourth-order valence-electron chi connectivity index (χ4n) is 1.91. The molecule has 0 aliphatic heterocycles. The SMILES string of the molecule is CC(OCl)(C1=CC=CC1)C1=CC=CC1.[Ti]. The Balaban J connectivity index is 0.00000112. The fraction of sp³-hybridized carbons (Fsp3) is 0.333. The summed E-state index contributed by atoms with van der Waals surface area (Å²) in [4.78, 5) is 0. The summed E-state index contributed by atoms with van der Waals surface area (Å²) < 4.78 is 5.16. The minimum atomic E-state index is -0.436. The van der Waals surface area contributed by atoms with Crippen LogP contribution in [0.5, 0.6) is 0 Å². The molecule has 0 aromatic rings. The summed E-state index contributed by atoms with van der Waals surface area (Å²) in [6.07, 6.45) is 14.4. The van der Waals surface area contributed by atoms with Gasteiger partial charge in [0.25, 0.3) is 0 Å². The monoisotopic (exact) mass is 256 g/mol. The first-order valence-corrected chi connectivity index (χ1v) is 5.10. The third-order valence-corrected chi connectivity index (χ3v) is 3.23. The van der Waals surface area contributed by atoms with Crippen molar-refractivity contribution in [1.29, 1.82) is 0 Å². The normalized spacial score (nSPS) is 18.8. The Hall–Kier alpha value is -0.0757. The van der Waals surface area contributed by atoms with Crippen molar-refractivity contribution in [3.63, 3.8) is 0 Å². The first kappa shape index (κ1) is 13.0. The van der Waals surface area contributed by atoms with Crippen LogP contribution in [0.25, 0.3) is 0 Å². The zero-order valence-electron chi connectivity index (χ0n) is 8.66. The van der Waals surface area contributed by atoms with Gasteiger partial charge in [0.2, 0.25) is 0 Å². The van der Waals surface area contributed by atoms with E-state index < -0.39 is 5.60 Å². The predicted molar refractivity (Wildman–Crippen MR) is 59.0 cm³/mol. The predicted octanol–water partition coefficient (Wildman–Crippen LogP) is 3.69. The second kappa shape index (κ2) is 5.31. The zero-order valence-corrected chi connectivity index (χ0v) is 11.0. The summed E-state index contributed by atoms with van der Waals surface area (Å²) in [5, 5.41) is 0. The van der Waals surface area contributed by atoms with Crippen LogP contribution in [0.4, 0.5) is 0 Å². The Kier molecular flexibility index (Phi) is 4.60. The van der Waals surface area contributed by atoms with Crippen molar-refractivity contribution < 1.29 is 26.0 Å². The molecule has 3 heteroatoms. The van der Waals surface area contributed by atoms with Crippen LogP contribution in [0.15, 0.2) is 47.6 Å². The van der Waals surface area contributed by atoms with Crippen LogP contribution >= 0.6 is 11.9 Å². The summed E-state index contributed by atoms with van der Waals surface area (Å²) >= 11 is 5.63. The van der Waals surface area contributed by atoms with E-state index in [0.29, 0.717) is 0 Å². The van der Waals surface area contributed by atoms with E-state index in [1.165, 1.54) is 11.1 Å². The van der Waals surface area contributed by atoms with Gasteiger partial charge in [-0.05, 0) is 30.9 Å². The van der Waals surface area contributed by atoms with Crippen LogP contribution in [-0.4, -0.2) is 5.60 Å². The Bertz CT molecular complexity index is 323. The van der Waals surface area contributed by atoms with E-state index in [4.69, 9.17) is 16.2 Å². The third-order valence-electron chi connectivity index (χ3n) is 2.92. The molecule has 0 N–H and O–H groups in total. The van der Waals surface area contributed by atoms with Gasteiger partial charge in [-0.25, -0.2) is 0 Å². The average molecular weight is 257 g/mol. The molecular weight excluding hydrogens is 243 g/mol. The van der Waals surface area contributed by atoms with Gasteiger partial charge in [0.05, 0.1) is 11.9 Å². The molecule has 0 aromatic carbocycles. The van der Waals surface area contributed by atoms with Crippen LogP contribution in [0.1, 0.15) is 19.8 Å². The van der Waals surface area contributed by atoms with E-state index in [1.54, 1.807) is 0 Å². The van der Waals surface area contributed by atoms with Gasteiger partial charge in [-0.2, -0.15) is 0 Å². The maximum Gasteiger partial charge on any atom is 0.130 e. The molecule has 0 amide bonds. The van der Waals surface area contributed by atoms with Crippen LogP contribution < -0.4 is 0 Å². The van der Waals surface area contributed by atoms with Crippen molar-refractivity contribution in [2.24, 2.45) is 0 Å². The van der Waals surface area contributed by atoms with E-state index >= 15 is 0 Å². The molecule has 0 spiro atoms. The first-order valence-electron chi connectivity index (χ1n) is 4.79. The van der Waals surface area contributed by atoms with Gasteiger partial charge in [0.1, 0.15) is 5.60 Å². The van der Waals surface area contributed by atoms with E-state index in [9.17, 15) is 0 Å². The standard InChI is InChI=1S/C12H13ClO.Ti/c1-12(14-13,10-6-2-3-7-10)11-8-4-5-9-11;/h2-6,8H,7,9H2,1H3;. The molecule has 78 valence electrons. The molecule has 0 fully saturated rings. The van der Waals surface area contributed by atoms with Crippen molar-refractivity contribution >= 4 is 11.9 Å². The van der Waals surface area contributed by atoms with Gasteiger partial charge in [-0.15, -0.1) is 0 Å². The largest absolute Gasteiger partial charge is 0.264 e. The second-order valence-corrected chi connectivity index (χ2v) is 3.91. The van der Waals surface area contributed by atoms with Gasteiger partial charge in [-0.3, -0.25) is 4.29 Å². The van der Waals surface area contributed by atoms with E-state index in [2.05, 4.69) is 24.3 Å². The molecule has 15 heavy (non-hydrogen) atoms. The molecule has 2 aliphatic carbocycles. The number of hydrogen-bond acceptors (Lipinski definition) is 1. The van der Waals surface area contributed by atoms with E-state index in [1.807, 2.05) is 19.1 Å². The summed E-state index contributed by atoms with van der Waals surface area (Å²) in [6, 6.07) is 0. The number of allylic oxidation sites excluding steroid dienone is 6. The molecule has 0 bridgehead atoms. The molecular formula is C12H13ClOTi. The molecule has 0 saturated carbocycles. The van der Waals surface area contributed by atoms with Crippen molar-refractivity contribution in [2.75, 3.05) is 0 Å². The van der Waals surface area contributed by atoms with Crippen LogP contribution in [0.2, 0.25) is 0 Å². The van der Waals surface area contributed by atoms with Gasteiger partial charge in [-0.1, -0.05) is 36.5 Å². The molecule has 0 saturated heterocycles. The van der Waals surface area contributed by atoms with Gasteiger partial charge in [0, 0.05) is 21.7 Å². The number of rotatable bonds is 3. The molecule has 0 radical (unpaired) electrons. The average Bonchev–Trinajstić information content (AvgIpc) is 2.88. The van der Waals surface area contributed by atoms with Crippen molar-refractivity contribution in [2.45, 2.75) is 25.4 Å². The van der Waals surface area contributed by atoms with Crippen LogP contribution in [0, 0.1) is 0 Å². The zero-order chi connectivity index (χ0) is 10.0. The molecule has 0 atom stereocenters. The molecule has 0 aromatic heterocycles. The maximum absolute atomic E-state index is 5.63. The summed E-state index contributed by atoms with van der Waals surface area (Å²) in [6.45, 7) is 2.03. The number of hydrogen-bond donors (Lipinski definition) is 0. The third kappa shape index (κ3) is 2.37. The van der Waals surface area contributed by atoms with Crippen LogP contribution in [-0.2, 0) is 26.0 Å². The molecule has 1 nitrogen and oxygen atoms in total. The Morgan fingerprint density at radius 2 is 1.60 bits per heavy atom. The first-order chi connectivity index (χ1) is 6.77. The summed E-state index contributed by atoms with van der Waals surface area (Å²) in [5.74, 6) is 0. The van der Waals surface area contributed by atoms with Crippen molar-refractivity contribution in [1.82, 2.24) is 0 Å². The number of halogens is 1. The molecule has 2 aliphatic rings.